The zero-order valence-corrected chi connectivity index (χ0v) is 20.2. The molecule has 0 saturated carbocycles. The van der Waals surface area contributed by atoms with Gasteiger partial charge in [0.25, 0.3) is 0 Å². The summed E-state index contributed by atoms with van der Waals surface area (Å²) >= 11 is 3.31. The number of benzene rings is 1. The lowest BCUT2D eigenvalue weighted by Crippen LogP contribution is -2.19. The van der Waals surface area contributed by atoms with Gasteiger partial charge in [-0.15, -0.1) is 11.8 Å². The molecule has 0 aliphatic heterocycles. The van der Waals surface area contributed by atoms with Crippen molar-refractivity contribution in [1.29, 1.82) is 0 Å². The second kappa shape index (κ2) is 10.6. The van der Waals surface area contributed by atoms with Crippen LogP contribution in [0.4, 0.5) is 5.13 Å². The molecule has 0 bridgehead atoms. The van der Waals surface area contributed by atoms with Gasteiger partial charge in [0.1, 0.15) is 5.76 Å². The average Bonchev–Trinajstić information content (AvgIpc) is 3.33. The standard InChI is InChI=1S/C22H28N6OS2/c1-13(10-24-21(23-5)25-12-14(2)30-6)11-26-22-27-18-8-7-17(9-19(18)31-22)20-15(3)28-29-16(20)4/h7-9,12-13H,5,10-11H2,1-4,6H3,(H,24,25)(H,26,27)/b14-12+. The Labute approximate surface area is 191 Å². The van der Waals surface area contributed by atoms with Crippen molar-refractivity contribution in [2.75, 3.05) is 24.7 Å². The first kappa shape index (κ1) is 23.0. The van der Waals surface area contributed by atoms with Gasteiger partial charge >= 0.3 is 0 Å². The van der Waals surface area contributed by atoms with Gasteiger partial charge in [-0.3, -0.25) is 4.99 Å². The number of aryl methyl sites for hydroxylation is 2. The molecule has 0 spiro atoms. The number of allylic oxidation sites excluding steroid dienone is 1. The predicted octanol–water partition coefficient (Wildman–Crippen LogP) is 5.49. The predicted molar refractivity (Wildman–Crippen MR) is 135 cm³/mol. The Balaban J connectivity index is 1.62. The second-order valence-electron chi connectivity index (χ2n) is 7.31. The van der Waals surface area contributed by atoms with Crippen molar-refractivity contribution in [1.82, 2.24) is 15.5 Å². The van der Waals surface area contributed by atoms with Crippen LogP contribution in [0.3, 0.4) is 0 Å². The van der Waals surface area contributed by atoms with Crippen LogP contribution in [0.15, 0.2) is 43.8 Å². The third-order valence-electron chi connectivity index (χ3n) is 4.74. The summed E-state index contributed by atoms with van der Waals surface area (Å²) in [5.74, 6) is 1.68. The summed E-state index contributed by atoms with van der Waals surface area (Å²) in [6, 6.07) is 6.26. The van der Waals surface area contributed by atoms with E-state index in [4.69, 9.17) is 9.51 Å². The van der Waals surface area contributed by atoms with Gasteiger partial charge in [-0.1, -0.05) is 29.5 Å². The Morgan fingerprint density at radius 2 is 2.19 bits per heavy atom. The third kappa shape index (κ3) is 5.95. The Kier molecular flexibility index (Phi) is 7.86. The lowest BCUT2D eigenvalue weighted by molar-refractivity contribution is 0.393. The molecule has 0 aliphatic carbocycles. The highest BCUT2D eigenvalue weighted by molar-refractivity contribution is 8.02. The van der Waals surface area contributed by atoms with E-state index in [9.17, 15) is 0 Å². The van der Waals surface area contributed by atoms with Crippen LogP contribution in [-0.4, -0.2) is 42.2 Å². The summed E-state index contributed by atoms with van der Waals surface area (Å²) in [6.45, 7) is 13.1. The fourth-order valence-electron chi connectivity index (χ4n) is 2.99. The van der Waals surface area contributed by atoms with Crippen molar-refractivity contribution in [3.05, 3.63) is 40.8 Å². The molecule has 2 heterocycles. The van der Waals surface area contributed by atoms with E-state index in [-0.39, 0.29) is 0 Å². The molecular formula is C22H28N6OS2. The molecule has 3 aromatic rings. The molecule has 1 unspecified atom stereocenters. The molecule has 3 rings (SSSR count). The first-order valence-electron chi connectivity index (χ1n) is 9.97. The maximum atomic E-state index is 5.31. The Bertz CT molecular complexity index is 1100. The number of nitrogens with one attached hydrogen (secondary N) is 2. The van der Waals surface area contributed by atoms with Gasteiger partial charge in [0.2, 0.25) is 5.96 Å². The quantitative estimate of drug-likeness (QED) is 0.344. The molecule has 0 aliphatic rings. The minimum absolute atomic E-state index is 0.314. The highest BCUT2D eigenvalue weighted by atomic mass is 32.2. The van der Waals surface area contributed by atoms with Crippen LogP contribution >= 0.6 is 23.1 Å². The molecule has 1 aromatic carbocycles. The minimum atomic E-state index is 0.314. The molecule has 7 nitrogen and oxygen atoms in total. The number of nitrogens with zero attached hydrogens (tertiary/aromatic N) is 4. The van der Waals surface area contributed by atoms with E-state index in [1.165, 1.54) is 0 Å². The fourth-order valence-corrected chi connectivity index (χ4v) is 4.07. The summed E-state index contributed by atoms with van der Waals surface area (Å²) in [4.78, 5) is 14.3. The summed E-state index contributed by atoms with van der Waals surface area (Å²) in [6.07, 6.45) is 3.91. The molecule has 0 fully saturated rings. The van der Waals surface area contributed by atoms with Gasteiger partial charge in [0.15, 0.2) is 5.13 Å². The number of hydrogen-bond acceptors (Lipinski definition) is 7. The molecule has 0 saturated heterocycles. The van der Waals surface area contributed by atoms with Crippen molar-refractivity contribution in [2.24, 2.45) is 15.9 Å². The number of guanidine groups is 1. The van der Waals surface area contributed by atoms with E-state index in [0.29, 0.717) is 18.4 Å². The average molecular weight is 457 g/mol. The van der Waals surface area contributed by atoms with E-state index >= 15 is 0 Å². The van der Waals surface area contributed by atoms with Crippen LogP contribution in [0.1, 0.15) is 25.3 Å². The smallest absolute Gasteiger partial charge is 0.221 e. The van der Waals surface area contributed by atoms with E-state index < -0.39 is 0 Å². The van der Waals surface area contributed by atoms with Crippen LogP contribution in [0.2, 0.25) is 0 Å². The van der Waals surface area contributed by atoms with Crippen molar-refractivity contribution >= 4 is 51.1 Å². The summed E-state index contributed by atoms with van der Waals surface area (Å²) in [7, 11) is 0. The highest BCUT2D eigenvalue weighted by Crippen LogP contribution is 2.33. The topological polar surface area (TPSA) is 87.7 Å². The molecule has 2 N–H and O–H groups in total. The third-order valence-corrected chi connectivity index (χ3v) is 6.48. The number of aliphatic imine (C=N–C) groups is 2. The lowest BCUT2D eigenvalue weighted by atomic mass is 10.0. The van der Waals surface area contributed by atoms with Crippen molar-refractivity contribution in [3.8, 4) is 11.1 Å². The van der Waals surface area contributed by atoms with Gasteiger partial charge in [-0.05, 0) is 62.3 Å². The fraction of sp³-hybridized carbons (Fsp3) is 0.364. The number of anilines is 1. The van der Waals surface area contributed by atoms with Gasteiger partial charge in [-0.2, -0.15) is 0 Å². The van der Waals surface area contributed by atoms with E-state index in [0.717, 1.165) is 49.4 Å². The largest absolute Gasteiger partial charge is 0.361 e. The van der Waals surface area contributed by atoms with Gasteiger partial charge < -0.3 is 15.2 Å². The number of aromatic nitrogens is 2. The van der Waals surface area contributed by atoms with Crippen molar-refractivity contribution in [3.63, 3.8) is 0 Å². The van der Waals surface area contributed by atoms with Crippen LogP contribution in [0, 0.1) is 19.8 Å². The van der Waals surface area contributed by atoms with Gasteiger partial charge in [-0.25, -0.2) is 9.98 Å². The van der Waals surface area contributed by atoms with E-state index in [1.807, 2.05) is 39.3 Å². The van der Waals surface area contributed by atoms with Crippen LogP contribution in [0.5, 0.6) is 0 Å². The Morgan fingerprint density at radius 3 is 2.87 bits per heavy atom. The number of thioether (sulfide) groups is 1. The van der Waals surface area contributed by atoms with Crippen LogP contribution in [-0.2, 0) is 0 Å². The van der Waals surface area contributed by atoms with Crippen molar-refractivity contribution < 1.29 is 4.52 Å². The molecule has 2 aromatic heterocycles. The van der Waals surface area contributed by atoms with E-state index in [2.05, 4.69) is 51.5 Å². The zero-order valence-electron chi connectivity index (χ0n) is 18.5. The molecule has 164 valence electrons. The van der Waals surface area contributed by atoms with Crippen LogP contribution < -0.4 is 10.6 Å². The number of fused-ring (bicyclic) bond motifs is 1. The maximum absolute atomic E-state index is 5.31. The number of hydrogen-bond donors (Lipinski definition) is 2. The second-order valence-corrected chi connectivity index (χ2v) is 9.40. The van der Waals surface area contributed by atoms with Gasteiger partial charge in [0, 0.05) is 24.9 Å². The normalized spacial score (nSPS) is 13.5. The zero-order chi connectivity index (χ0) is 22.4. The first-order chi connectivity index (χ1) is 14.9. The first-order valence-corrected chi connectivity index (χ1v) is 12.0. The molecule has 0 radical (unpaired) electrons. The monoisotopic (exact) mass is 456 g/mol. The molecule has 1 atom stereocenters. The van der Waals surface area contributed by atoms with E-state index in [1.54, 1.807) is 23.1 Å². The maximum Gasteiger partial charge on any atom is 0.221 e. The Hall–Kier alpha value is -2.65. The number of rotatable bonds is 8. The lowest BCUT2D eigenvalue weighted by Gasteiger charge is -2.10. The minimum Gasteiger partial charge on any atom is -0.361 e. The summed E-state index contributed by atoms with van der Waals surface area (Å²) in [5.41, 5.74) is 4.03. The molecule has 31 heavy (non-hydrogen) atoms. The van der Waals surface area contributed by atoms with Crippen molar-refractivity contribution in [2.45, 2.75) is 27.7 Å². The molecule has 0 amide bonds. The highest BCUT2D eigenvalue weighted by Gasteiger charge is 2.13. The van der Waals surface area contributed by atoms with Crippen LogP contribution in [0.25, 0.3) is 21.3 Å². The molecule has 9 heteroatoms. The summed E-state index contributed by atoms with van der Waals surface area (Å²) in [5, 5.41) is 11.5. The van der Waals surface area contributed by atoms with Gasteiger partial charge in [0.05, 0.1) is 15.9 Å². The Morgan fingerprint density at radius 1 is 1.39 bits per heavy atom. The molecular weight excluding hydrogens is 428 g/mol. The number of thiazole rings is 1. The summed E-state index contributed by atoms with van der Waals surface area (Å²) < 4.78 is 6.44. The SMILES string of the molecule is C=NC(=NCC(C)CNc1nc2ccc(-c3c(C)noc3C)cc2s1)N/C=C(\C)SC.